The summed E-state index contributed by atoms with van der Waals surface area (Å²) >= 11 is 0. The number of rotatable bonds is 2. The van der Waals surface area contributed by atoms with Gasteiger partial charge in [-0.1, -0.05) is 36.9 Å². The van der Waals surface area contributed by atoms with E-state index in [1.807, 2.05) is 30.3 Å². The van der Waals surface area contributed by atoms with Gasteiger partial charge in [0, 0.05) is 0 Å². The second-order valence-electron chi connectivity index (χ2n) is 2.26. The van der Waals surface area contributed by atoms with Crippen molar-refractivity contribution in [3.63, 3.8) is 0 Å². The smallest absolute Gasteiger partial charge is 0.350 e. The average Bonchev–Trinajstić information content (AvgIpc) is 2.05. The van der Waals surface area contributed by atoms with Crippen LogP contribution < -0.4 is 0 Å². The molecule has 0 radical (unpaired) electrons. The van der Waals surface area contributed by atoms with E-state index in [9.17, 15) is 0 Å². The van der Waals surface area contributed by atoms with E-state index >= 15 is 0 Å². The van der Waals surface area contributed by atoms with Gasteiger partial charge in [0.05, 0.1) is 0 Å². The third-order valence-electron chi connectivity index (χ3n) is 1.46. The van der Waals surface area contributed by atoms with Gasteiger partial charge in [0.25, 0.3) is 0 Å². The first kappa shape index (κ1) is 8.20. The molecule has 1 aromatic rings. The Hall–Kier alpha value is -0.903. The maximum absolute atomic E-state index is 8.87. The van der Waals surface area contributed by atoms with Crippen molar-refractivity contribution in [1.29, 1.82) is 0 Å². The molecule has 0 saturated carbocycles. The van der Waals surface area contributed by atoms with E-state index in [1.54, 1.807) is 0 Å². The van der Waals surface area contributed by atoms with Crippen LogP contribution in [0.1, 0.15) is 5.56 Å². The molecule has 0 spiro atoms. The van der Waals surface area contributed by atoms with Crippen LogP contribution in [-0.4, -0.2) is 18.9 Å². The highest BCUT2D eigenvalue weighted by atomic mass is 28.3. The largest absolute Gasteiger partial charge is 0.410 e. The van der Waals surface area contributed by atoms with Crippen molar-refractivity contribution in [2.45, 2.75) is 0 Å². The van der Waals surface area contributed by atoms with Crippen LogP contribution in [0.25, 0.3) is 5.20 Å². The zero-order valence-electron chi connectivity index (χ0n) is 6.07. The van der Waals surface area contributed by atoms with Crippen molar-refractivity contribution in [1.82, 2.24) is 0 Å². The topological polar surface area (TPSA) is 40.5 Å². The van der Waals surface area contributed by atoms with Gasteiger partial charge in [0.2, 0.25) is 0 Å². The Labute approximate surface area is 67.3 Å². The minimum Gasteiger partial charge on any atom is -0.410 e. The molecule has 0 saturated heterocycles. The first-order valence-corrected chi connectivity index (χ1v) is 4.93. The van der Waals surface area contributed by atoms with Crippen LogP contribution in [0.3, 0.4) is 0 Å². The summed E-state index contributed by atoms with van der Waals surface area (Å²) in [4.78, 5) is 17.7. The fraction of sp³-hybridized carbons (Fsp3) is 0. The van der Waals surface area contributed by atoms with Crippen LogP contribution in [0.5, 0.6) is 0 Å². The first-order chi connectivity index (χ1) is 5.22. The lowest BCUT2D eigenvalue weighted by atomic mass is 10.2. The molecule has 58 valence electrons. The lowest BCUT2D eigenvalue weighted by Crippen LogP contribution is -2.12. The molecule has 0 bridgehead atoms. The molecular formula is C8H10O2Si. The molecule has 2 nitrogen and oxygen atoms in total. The molecule has 0 aliphatic rings. The zero-order chi connectivity index (χ0) is 8.27. The van der Waals surface area contributed by atoms with Crippen molar-refractivity contribution in [2.24, 2.45) is 0 Å². The molecule has 0 aliphatic carbocycles. The second kappa shape index (κ2) is 3.48. The molecule has 3 heteroatoms. The van der Waals surface area contributed by atoms with Gasteiger partial charge < -0.3 is 9.59 Å². The zero-order valence-corrected chi connectivity index (χ0v) is 7.22. The summed E-state index contributed by atoms with van der Waals surface area (Å²) in [6.07, 6.45) is 0. The van der Waals surface area contributed by atoms with Gasteiger partial charge in [-0.2, -0.15) is 0 Å². The van der Waals surface area contributed by atoms with E-state index in [1.165, 1.54) is 0 Å². The molecule has 1 rings (SSSR count). The van der Waals surface area contributed by atoms with Gasteiger partial charge in [0.15, 0.2) is 0 Å². The normalized spacial score (nSPS) is 10.1. The van der Waals surface area contributed by atoms with Crippen LogP contribution in [0.2, 0.25) is 0 Å². The molecule has 0 aromatic heterocycles. The Kier molecular flexibility index (Phi) is 2.59. The Balaban J connectivity index is 2.86. The average molecular weight is 166 g/mol. The van der Waals surface area contributed by atoms with E-state index in [0.717, 1.165) is 5.56 Å². The highest BCUT2D eigenvalue weighted by Gasteiger charge is 2.08. The first-order valence-electron chi connectivity index (χ1n) is 3.32. The summed E-state index contributed by atoms with van der Waals surface area (Å²) in [5.74, 6) is 0. The van der Waals surface area contributed by atoms with E-state index in [4.69, 9.17) is 9.59 Å². The van der Waals surface area contributed by atoms with Crippen LogP contribution in [-0.2, 0) is 0 Å². The molecule has 11 heavy (non-hydrogen) atoms. The molecule has 0 heterocycles. The van der Waals surface area contributed by atoms with E-state index in [-0.39, 0.29) is 0 Å². The maximum Gasteiger partial charge on any atom is 0.350 e. The SMILES string of the molecule is C=C(c1ccccc1)[SiH](O)O. The molecule has 1 aromatic carbocycles. The van der Waals surface area contributed by atoms with Gasteiger partial charge in [-0.15, -0.1) is 0 Å². The minimum atomic E-state index is -2.69. The van der Waals surface area contributed by atoms with Gasteiger partial charge in [-0.3, -0.25) is 0 Å². The Bertz CT molecular complexity index is 244. The fourth-order valence-electron chi connectivity index (χ4n) is 0.801. The molecule has 0 amide bonds. The van der Waals surface area contributed by atoms with Crippen LogP contribution in [0, 0.1) is 0 Å². The summed E-state index contributed by atoms with van der Waals surface area (Å²) in [5.41, 5.74) is 0.814. The summed E-state index contributed by atoms with van der Waals surface area (Å²) in [6.45, 7) is 3.59. The van der Waals surface area contributed by atoms with Crippen molar-refractivity contribution in [3.8, 4) is 0 Å². The lowest BCUT2D eigenvalue weighted by Gasteiger charge is -2.03. The van der Waals surface area contributed by atoms with Crippen molar-refractivity contribution in [3.05, 3.63) is 42.5 Å². The van der Waals surface area contributed by atoms with Gasteiger partial charge >= 0.3 is 9.28 Å². The van der Waals surface area contributed by atoms with Gasteiger partial charge in [-0.25, -0.2) is 0 Å². The quantitative estimate of drug-likeness (QED) is 0.626. The van der Waals surface area contributed by atoms with Crippen molar-refractivity contribution < 1.29 is 9.59 Å². The third kappa shape index (κ3) is 2.01. The van der Waals surface area contributed by atoms with Crippen LogP contribution in [0.15, 0.2) is 36.9 Å². The van der Waals surface area contributed by atoms with Crippen LogP contribution in [0.4, 0.5) is 0 Å². The monoisotopic (exact) mass is 166 g/mol. The Morgan fingerprint density at radius 2 is 1.73 bits per heavy atom. The fourth-order valence-corrected chi connectivity index (χ4v) is 1.29. The minimum absolute atomic E-state index is 0.464. The Morgan fingerprint density at radius 3 is 2.18 bits per heavy atom. The molecule has 0 fully saturated rings. The third-order valence-corrected chi connectivity index (χ3v) is 2.41. The van der Waals surface area contributed by atoms with E-state index in [0.29, 0.717) is 5.20 Å². The predicted molar refractivity (Wildman–Crippen MR) is 47.1 cm³/mol. The van der Waals surface area contributed by atoms with Crippen molar-refractivity contribution >= 4 is 14.5 Å². The predicted octanol–water partition coefficient (Wildman–Crippen LogP) is 0.444. The number of hydrogen-bond acceptors (Lipinski definition) is 2. The molecule has 0 unspecified atom stereocenters. The maximum atomic E-state index is 8.87. The molecule has 0 aliphatic heterocycles. The van der Waals surface area contributed by atoms with E-state index in [2.05, 4.69) is 6.58 Å². The molecular weight excluding hydrogens is 156 g/mol. The standard InChI is InChI=1S/C8H10O2Si/c1-7(11(9)10)8-5-3-2-4-6-8/h2-6,9-11H,1H2. The summed E-state index contributed by atoms with van der Waals surface area (Å²) in [6, 6.07) is 9.19. The number of hydrogen-bond donors (Lipinski definition) is 2. The second-order valence-corrected chi connectivity index (χ2v) is 3.71. The van der Waals surface area contributed by atoms with Crippen LogP contribution >= 0.6 is 0 Å². The highest BCUT2D eigenvalue weighted by Crippen LogP contribution is 2.11. The van der Waals surface area contributed by atoms with E-state index < -0.39 is 9.28 Å². The summed E-state index contributed by atoms with van der Waals surface area (Å²) in [7, 11) is -2.69. The molecule has 0 atom stereocenters. The number of benzene rings is 1. The van der Waals surface area contributed by atoms with Gasteiger partial charge in [-0.05, 0) is 10.8 Å². The molecule has 2 N–H and O–H groups in total. The summed E-state index contributed by atoms with van der Waals surface area (Å²) in [5, 5.41) is 0.464. The Morgan fingerprint density at radius 1 is 1.18 bits per heavy atom. The summed E-state index contributed by atoms with van der Waals surface area (Å²) < 4.78 is 0. The highest BCUT2D eigenvalue weighted by molar-refractivity contribution is 6.65. The lowest BCUT2D eigenvalue weighted by molar-refractivity contribution is 0.427. The van der Waals surface area contributed by atoms with Gasteiger partial charge in [0.1, 0.15) is 0 Å². The van der Waals surface area contributed by atoms with Crippen molar-refractivity contribution in [2.75, 3.05) is 0 Å².